The number of hydrogen-bond donors (Lipinski definition) is 3. The van der Waals surface area contributed by atoms with Crippen LogP contribution in [-0.2, 0) is 0 Å². The third-order valence-corrected chi connectivity index (χ3v) is 4.46. The van der Waals surface area contributed by atoms with E-state index in [1.165, 1.54) is 54.7 Å². The molecule has 1 aromatic heterocycles. The molecule has 3 N–H and O–H groups in total. The number of phenols is 1. The molecule has 1 heterocycles. The molecule has 0 saturated carbocycles. The van der Waals surface area contributed by atoms with Crippen molar-refractivity contribution in [3.8, 4) is 23.3 Å². The number of nitrogens with one attached hydrogen (secondary N) is 2. The van der Waals surface area contributed by atoms with E-state index in [1.807, 2.05) is 6.07 Å². The van der Waals surface area contributed by atoms with Gasteiger partial charge in [0.2, 0.25) is 0 Å². The third kappa shape index (κ3) is 5.56. The first-order valence-electron chi connectivity index (χ1n) is 9.26. The normalized spacial score (nSPS) is 10.1. The van der Waals surface area contributed by atoms with Crippen molar-refractivity contribution in [2.24, 2.45) is 0 Å². The Balaban J connectivity index is 0.00000306. The van der Waals surface area contributed by atoms with E-state index in [0.29, 0.717) is 22.3 Å². The van der Waals surface area contributed by atoms with Crippen LogP contribution in [0.15, 0.2) is 66.9 Å². The van der Waals surface area contributed by atoms with Crippen LogP contribution in [-0.4, -0.2) is 16.1 Å². The zero-order valence-corrected chi connectivity index (χ0v) is 19.3. The first-order valence-corrected chi connectivity index (χ1v) is 9.26. The van der Waals surface area contributed by atoms with Gasteiger partial charge in [-0.15, -0.1) is 0 Å². The fraction of sp³-hybridized carbons (Fsp3) is 0. The summed E-state index contributed by atoms with van der Waals surface area (Å²) in [6.07, 6.45) is 1.45. The second-order valence-corrected chi connectivity index (χ2v) is 6.64. The quantitative estimate of drug-likeness (QED) is 0.410. The molecule has 0 atom stereocenters. The van der Waals surface area contributed by atoms with E-state index in [2.05, 4.69) is 15.6 Å². The number of nitriles is 1. The Kier molecular flexibility index (Phi) is 7.45. The Morgan fingerprint density at radius 2 is 1.79 bits per heavy atom. The predicted octanol–water partition coefficient (Wildman–Crippen LogP) is 2.53. The van der Waals surface area contributed by atoms with Crippen LogP contribution < -0.4 is 44.9 Å². The molecule has 0 unspecified atom stereocenters. The SMILES string of the molecule is N#Cc1cc2c(Oc3ccc(NC(=O)Nc4ccc(F)cc4)c(F)c3)ccnc2cc1O.[Na+]. The van der Waals surface area contributed by atoms with Crippen molar-refractivity contribution in [2.45, 2.75) is 0 Å². The van der Waals surface area contributed by atoms with Gasteiger partial charge in [0, 0.05) is 29.4 Å². The number of fused-ring (bicyclic) bond motifs is 1. The number of halogens is 2. The molecule has 0 radical (unpaired) electrons. The minimum absolute atomic E-state index is 0. The summed E-state index contributed by atoms with van der Waals surface area (Å²) in [6.45, 7) is 0. The van der Waals surface area contributed by atoms with Gasteiger partial charge in [0.25, 0.3) is 0 Å². The molecule has 0 aliphatic carbocycles. The molecule has 3 aromatic carbocycles. The fourth-order valence-electron chi connectivity index (χ4n) is 2.94. The summed E-state index contributed by atoms with van der Waals surface area (Å²) in [5, 5.41) is 24.2. The van der Waals surface area contributed by atoms with Crippen LogP contribution in [0.1, 0.15) is 5.56 Å². The monoisotopic (exact) mass is 455 g/mol. The number of benzene rings is 3. The van der Waals surface area contributed by atoms with Crippen molar-refractivity contribution in [3.63, 3.8) is 0 Å². The molecule has 4 rings (SSSR count). The van der Waals surface area contributed by atoms with E-state index < -0.39 is 17.7 Å². The van der Waals surface area contributed by atoms with Crippen molar-refractivity contribution in [2.75, 3.05) is 10.6 Å². The van der Waals surface area contributed by atoms with Gasteiger partial charge < -0.3 is 20.5 Å². The van der Waals surface area contributed by atoms with Gasteiger partial charge in [-0.25, -0.2) is 13.6 Å². The Hall–Kier alpha value is -3.71. The molecular weight excluding hydrogens is 441 g/mol. The number of hydrogen-bond acceptors (Lipinski definition) is 5. The van der Waals surface area contributed by atoms with Crippen LogP contribution >= 0.6 is 0 Å². The minimum atomic E-state index is -0.745. The Labute approximate surface area is 208 Å². The van der Waals surface area contributed by atoms with E-state index >= 15 is 0 Å². The largest absolute Gasteiger partial charge is 1.00 e. The van der Waals surface area contributed by atoms with E-state index in [9.17, 15) is 18.7 Å². The molecule has 33 heavy (non-hydrogen) atoms. The van der Waals surface area contributed by atoms with E-state index in [1.54, 1.807) is 6.07 Å². The molecule has 0 fully saturated rings. The first-order chi connectivity index (χ1) is 15.4. The van der Waals surface area contributed by atoms with Crippen molar-refractivity contribution < 1.29 is 53.0 Å². The van der Waals surface area contributed by atoms with Crippen LogP contribution in [0.4, 0.5) is 25.0 Å². The Bertz CT molecular complexity index is 1370. The average molecular weight is 455 g/mol. The molecule has 7 nitrogen and oxygen atoms in total. The fourth-order valence-corrected chi connectivity index (χ4v) is 2.94. The molecule has 2 amide bonds. The number of urea groups is 1. The predicted molar refractivity (Wildman–Crippen MR) is 114 cm³/mol. The van der Waals surface area contributed by atoms with Gasteiger partial charge in [-0.3, -0.25) is 4.98 Å². The molecule has 0 aliphatic heterocycles. The molecule has 0 spiro atoms. The average Bonchev–Trinajstić information content (AvgIpc) is 2.77. The van der Waals surface area contributed by atoms with Crippen molar-refractivity contribution in [1.29, 1.82) is 5.26 Å². The maximum Gasteiger partial charge on any atom is 1.00 e. The van der Waals surface area contributed by atoms with Crippen LogP contribution in [0.2, 0.25) is 0 Å². The van der Waals surface area contributed by atoms with Crippen molar-refractivity contribution in [1.82, 2.24) is 4.98 Å². The minimum Gasteiger partial charge on any atom is -0.506 e. The molecular formula is C23H14F2N4NaO3+. The van der Waals surface area contributed by atoms with E-state index in [-0.39, 0.29) is 52.3 Å². The smallest absolute Gasteiger partial charge is 0.506 e. The van der Waals surface area contributed by atoms with Crippen molar-refractivity contribution >= 4 is 28.3 Å². The molecule has 10 heteroatoms. The summed E-state index contributed by atoms with van der Waals surface area (Å²) in [5.74, 6) is -0.942. The molecule has 158 valence electrons. The zero-order valence-electron chi connectivity index (χ0n) is 17.3. The number of rotatable bonds is 4. The van der Waals surface area contributed by atoms with Crippen LogP contribution in [0.5, 0.6) is 17.2 Å². The van der Waals surface area contributed by atoms with Gasteiger partial charge in [-0.2, -0.15) is 5.26 Å². The number of carbonyl (C=O) groups excluding carboxylic acids is 1. The number of anilines is 2. The standard InChI is InChI=1S/C23H14F2N4O3.Na/c24-14-1-3-15(4-2-14)28-23(31)29-19-6-5-16(10-18(19)25)32-22-7-8-27-20-11-21(30)13(12-26)9-17(20)22;/h1-11,30H,(H2,28,29,31);/q;+1. The van der Waals surface area contributed by atoms with Crippen LogP contribution in [0.3, 0.4) is 0 Å². The number of aromatic nitrogens is 1. The molecule has 4 aromatic rings. The summed E-state index contributed by atoms with van der Waals surface area (Å²) in [4.78, 5) is 16.2. The number of nitrogens with zero attached hydrogens (tertiary/aromatic N) is 2. The summed E-state index contributed by atoms with van der Waals surface area (Å²) >= 11 is 0. The van der Waals surface area contributed by atoms with Gasteiger partial charge in [0.05, 0.1) is 16.8 Å². The van der Waals surface area contributed by atoms with Gasteiger partial charge in [0.1, 0.15) is 35.0 Å². The van der Waals surface area contributed by atoms with Gasteiger partial charge >= 0.3 is 35.6 Å². The Morgan fingerprint density at radius 3 is 2.48 bits per heavy atom. The number of pyridine rings is 1. The molecule has 0 bridgehead atoms. The van der Waals surface area contributed by atoms with E-state index in [4.69, 9.17) is 10.00 Å². The Morgan fingerprint density at radius 1 is 1.03 bits per heavy atom. The number of carbonyl (C=O) groups is 1. The summed E-state index contributed by atoms with van der Waals surface area (Å²) < 4.78 is 33.2. The maximum absolute atomic E-state index is 14.5. The van der Waals surface area contributed by atoms with Gasteiger partial charge in [-0.05, 0) is 48.5 Å². The third-order valence-electron chi connectivity index (χ3n) is 4.46. The topological polar surface area (TPSA) is 107 Å². The summed E-state index contributed by atoms with van der Waals surface area (Å²) in [7, 11) is 0. The summed E-state index contributed by atoms with van der Waals surface area (Å²) in [5.41, 5.74) is 0.702. The molecule has 0 saturated heterocycles. The zero-order chi connectivity index (χ0) is 22.7. The van der Waals surface area contributed by atoms with Gasteiger partial charge in [0.15, 0.2) is 0 Å². The van der Waals surface area contributed by atoms with Gasteiger partial charge in [-0.1, -0.05) is 0 Å². The summed E-state index contributed by atoms with van der Waals surface area (Å²) in [6, 6.07) is 14.5. The van der Waals surface area contributed by atoms with Crippen LogP contribution in [0, 0.1) is 23.0 Å². The number of amides is 2. The second-order valence-electron chi connectivity index (χ2n) is 6.64. The number of phenolic OH excluding ortho intramolecular Hbond substituents is 1. The maximum atomic E-state index is 14.5. The number of ether oxygens (including phenoxy) is 1. The van der Waals surface area contributed by atoms with E-state index in [0.717, 1.165) is 6.07 Å². The molecule has 0 aliphatic rings. The van der Waals surface area contributed by atoms with Crippen LogP contribution in [0.25, 0.3) is 10.9 Å². The van der Waals surface area contributed by atoms with Crippen molar-refractivity contribution in [3.05, 3.63) is 84.1 Å². The first kappa shape index (κ1) is 23.9. The number of aromatic hydroxyl groups is 1. The second kappa shape index (κ2) is 10.3.